The number of nitrogens with zero attached hydrogens (tertiary/aromatic N) is 2. The topological polar surface area (TPSA) is 116 Å². The van der Waals surface area contributed by atoms with Crippen molar-refractivity contribution in [3.8, 4) is 11.5 Å². The predicted octanol–water partition coefficient (Wildman–Crippen LogP) is 2.83. The molecule has 0 bridgehead atoms. The molecule has 0 aliphatic carbocycles. The molecule has 0 radical (unpaired) electrons. The molecule has 2 N–H and O–H groups in total. The number of likely N-dealkylation sites (tertiary alicyclic amines) is 1. The summed E-state index contributed by atoms with van der Waals surface area (Å²) in [5, 5.41) is 0.611. The predicted molar refractivity (Wildman–Crippen MR) is 113 cm³/mol. The number of furan rings is 1. The van der Waals surface area contributed by atoms with Gasteiger partial charge in [0.15, 0.2) is 12.4 Å². The van der Waals surface area contributed by atoms with Crippen LogP contribution < -0.4 is 5.73 Å². The lowest BCUT2D eigenvalue weighted by atomic mass is 10.0. The van der Waals surface area contributed by atoms with E-state index in [-0.39, 0.29) is 5.56 Å². The van der Waals surface area contributed by atoms with Gasteiger partial charge in [0.2, 0.25) is 5.91 Å². The maximum atomic E-state index is 12.9. The highest BCUT2D eigenvalue weighted by atomic mass is 16.5. The molecule has 0 spiro atoms. The van der Waals surface area contributed by atoms with Crippen molar-refractivity contribution in [3.63, 3.8) is 0 Å². The Balaban J connectivity index is 1.57. The van der Waals surface area contributed by atoms with Gasteiger partial charge in [0.05, 0.1) is 11.1 Å². The van der Waals surface area contributed by atoms with E-state index in [0.29, 0.717) is 35.3 Å². The van der Waals surface area contributed by atoms with Crippen LogP contribution >= 0.6 is 0 Å². The van der Waals surface area contributed by atoms with Crippen LogP contribution in [0.25, 0.3) is 22.4 Å². The Morgan fingerprint density at radius 1 is 1.19 bits per heavy atom. The highest BCUT2D eigenvalue weighted by molar-refractivity contribution is 6.05. The van der Waals surface area contributed by atoms with Crippen LogP contribution in [0.4, 0.5) is 0 Å². The second-order valence-electron chi connectivity index (χ2n) is 7.56. The lowest BCUT2D eigenvalue weighted by Gasteiger charge is -2.33. The number of carbonyl (C=O) groups is 3. The van der Waals surface area contributed by atoms with Gasteiger partial charge in [0.1, 0.15) is 17.5 Å². The first kappa shape index (κ1) is 20.6. The van der Waals surface area contributed by atoms with Gasteiger partial charge in [-0.15, -0.1) is 0 Å². The molecule has 1 aliphatic rings. The van der Waals surface area contributed by atoms with Crippen molar-refractivity contribution < 1.29 is 23.5 Å². The Bertz CT molecular complexity index is 1150. The molecular formula is C23H23N3O5. The summed E-state index contributed by atoms with van der Waals surface area (Å²) >= 11 is 0. The summed E-state index contributed by atoms with van der Waals surface area (Å²) in [7, 11) is 0. The first-order valence-electron chi connectivity index (χ1n) is 10.2. The molecule has 4 rings (SSSR count). The molecule has 1 atom stereocenters. The third-order valence-electron chi connectivity index (χ3n) is 5.41. The zero-order chi connectivity index (χ0) is 22.0. The normalized spacial score (nSPS) is 16.3. The number of nitrogens with two attached hydrogens (primary N) is 1. The minimum atomic E-state index is -0.657. The average molecular weight is 421 g/mol. The molecule has 8 heteroatoms. The Morgan fingerprint density at radius 3 is 2.74 bits per heavy atom. The van der Waals surface area contributed by atoms with Crippen molar-refractivity contribution in [1.82, 2.24) is 9.88 Å². The summed E-state index contributed by atoms with van der Waals surface area (Å²) in [5.41, 5.74) is 6.81. The zero-order valence-electron chi connectivity index (χ0n) is 17.2. The van der Waals surface area contributed by atoms with Crippen molar-refractivity contribution >= 4 is 28.7 Å². The molecule has 160 valence electrons. The molecule has 1 aromatic carbocycles. The van der Waals surface area contributed by atoms with Crippen molar-refractivity contribution in [1.29, 1.82) is 0 Å². The van der Waals surface area contributed by atoms with E-state index in [0.717, 1.165) is 18.6 Å². The number of aromatic nitrogens is 1. The number of ether oxygens (including phenoxy) is 1. The van der Waals surface area contributed by atoms with E-state index in [2.05, 4.69) is 4.98 Å². The van der Waals surface area contributed by atoms with Crippen LogP contribution in [0.1, 0.15) is 35.4 Å². The summed E-state index contributed by atoms with van der Waals surface area (Å²) in [5.74, 6) is -0.365. The van der Waals surface area contributed by atoms with Crippen molar-refractivity contribution in [2.24, 2.45) is 5.73 Å². The van der Waals surface area contributed by atoms with Crippen LogP contribution in [0.3, 0.4) is 0 Å². The maximum Gasteiger partial charge on any atom is 0.339 e. The summed E-state index contributed by atoms with van der Waals surface area (Å²) in [4.78, 5) is 43.2. The highest BCUT2D eigenvalue weighted by Crippen LogP contribution is 2.27. The van der Waals surface area contributed by atoms with E-state index in [1.165, 1.54) is 4.90 Å². The van der Waals surface area contributed by atoms with E-state index in [1.54, 1.807) is 30.3 Å². The molecule has 1 fully saturated rings. The molecule has 8 nitrogen and oxygen atoms in total. The van der Waals surface area contributed by atoms with Crippen LogP contribution in [-0.2, 0) is 14.3 Å². The molecule has 3 heterocycles. The van der Waals surface area contributed by atoms with E-state index in [9.17, 15) is 14.4 Å². The molecule has 1 aliphatic heterocycles. The largest absolute Gasteiger partial charge is 0.460 e. The molecule has 2 aromatic heterocycles. The smallest absolute Gasteiger partial charge is 0.339 e. The molecule has 31 heavy (non-hydrogen) atoms. The van der Waals surface area contributed by atoms with Gasteiger partial charge in [-0.3, -0.25) is 9.59 Å². The third-order valence-corrected chi connectivity index (χ3v) is 5.41. The molecular weight excluding hydrogens is 398 g/mol. The Labute approximate surface area is 179 Å². The van der Waals surface area contributed by atoms with E-state index in [1.807, 2.05) is 19.1 Å². The van der Waals surface area contributed by atoms with Crippen LogP contribution in [0.5, 0.6) is 0 Å². The van der Waals surface area contributed by atoms with Gasteiger partial charge in [-0.1, -0.05) is 18.2 Å². The van der Waals surface area contributed by atoms with Crippen molar-refractivity contribution in [3.05, 3.63) is 53.8 Å². The third kappa shape index (κ3) is 4.28. The van der Waals surface area contributed by atoms with Crippen LogP contribution in [0.2, 0.25) is 0 Å². The number of fused-ring (bicyclic) bond motifs is 1. The lowest BCUT2D eigenvalue weighted by Crippen LogP contribution is -2.51. The number of rotatable bonds is 5. The molecule has 1 saturated heterocycles. The van der Waals surface area contributed by atoms with Gasteiger partial charge >= 0.3 is 5.97 Å². The van der Waals surface area contributed by atoms with Gasteiger partial charge in [-0.2, -0.15) is 0 Å². The lowest BCUT2D eigenvalue weighted by molar-refractivity contribution is -0.143. The van der Waals surface area contributed by atoms with Crippen LogP contribution in [0, 0.1) is 6.92 Å². The minimum Gasteiger partial charge on any atom is -0.460 e. The second kappa shape index (κ2) is 8.59. The molecule has 0 saturated carbocycles. The minimum absolute atomic E-state index is 0.285. The monoisotopic (exact) mass is 421 g/mol. The number of primary amides is 1. The number of carbonyl (C=O) groups excluding carboxylic acids is 3. The summed E-state index contributed by atoms with van der Waals surface area (Å²) in [6.07, 6.45) is 2.13. The Hall–Kier alpha value is -3.68. The quantitative estimate of drug-likeness (QED) is 0.634. The number of pyridine rings is 1. The SMILES string of the molecule is Cc1ccc(-c2cc(C(=O)OCC(=O)N3CCCC[C@H]3C(N)=O)c3ccccc3n2)o1. The summed E-state index contributed by atoms with van der Waals surface area (Å²) < 4.78 is 11.0. The van der Waals surface area contributed by atoms with Gasteiger partial charge in [0, 0.05) is 11.9 Å². The van der Waals surface area contributed by atoms with Crippen LogP contribution in [-0.4, -0.2) is 46.9 Å². The van der Waals surface area contributed by atoms with Crippen molar-refractivity contribution in [2.75, 3.05) is 13.2 Å². The second-order valence-corrected chi connectivity index (χ2v) is 7.56. The zero-order valence-corrected chi connectivity index (χ0v) is 17.2. The first-order chi connectivity index (χ1) is 14.9. The van der Waals surface area contributed by atoms with Crippen molar-refractivity contribution in [2.45, 2.75) is 32.2 Å². The van der Waals surface area contributed by atoms with E-state index in [4.69, 9.17) is 14.9 Å². The number of amides is 2. The number of para-hydroxylation sites is 1. The Morgan fingerprint density at radius 2 is 2.00 bits per heavy atom. The number of hydrogen-bond donors (Lipinski definition) is 1. The maximum absolute atomic E-state index is 12.9. The van der Waals surface area contributed by atoms with Gasteiger partial charge < -0.3 is 19.8 Å². The van der Waals surface area contributed by atoms with Gasteiger partial charge in [-0.25, -0.2) is 9.78 Å². The number of aryl methyl sites for hydroxylation is 1. The Kier molecular flexibility index (Phi) is 5.70. The number of benzene rings is 1. The van der Waals surface area contributed by atoms with Crippen LogP contribution in [0.15, 0.2) is 46.9 Å². The van der Waals surface area contributed by atoms with E-state index < -0.39 is 30.4 Å². The number of hydrogen-bond acceptors (Lipinski definition) is 6. The molecule has 0 unspecified atom stereocenters. The summed E-state index contributed by atoms with van der Waals surface area (Å²) in [6, 6.07) is 11.7. The fourth-order valence-corrected chi connectivity index (χ4v) is 3.86. The standard InChI is InChI=1S/C23H23N3O5/c1-14-9-10-20(31-14)18-12-16(15-6-2-3-7-17(15)25-18)23(29)30-13-21(27)26-11-5-4-8-19(26)22(24)28/h2-3,6-7,9-10,12,19H,4-5,8,11,13H2,1H3,(H2,24,28)/t19-/m0/s1. The average Bonchev–Trinajstić information content (AvgIpc) is 3.22. The fraction of sp³-hybridized carbons (Fsp3) is 0.304. The molecule has 3 aromatic rings. The number of piperidine rings is 1. The van der Waals surface area contributed by atoms with Gasteiger partial charge in [0.25, 0.3) is 5.91 Å². The fourth-order valence-electron chi connectivity index (χ4n) is 3.86. The molecule has 2 amide bonds. The number of esters is 1. The van der Waals surface area contributed by atoms with Gasteiger partial charge in [-0.05, 0) is 50.5 Å². The highest BCUT2D eigenvalue weighted by Gasteiger charge is 2.31. The summed E-state index contributed by atoms with van der Waals surface area (Å²) in [6.45, 7) is 1.78. The first-order valence-corrected chi connectivity index (χ1v) is 10.2. The van der Waals surface area contributed by atoms with E-state index >= 15 is 0 Å².